The molecule has 0 aliphatic heterocycles. The molecule has 1 aromatic carbocycles. The first-order valence-corrected chi connectivity index (χ1v) is 7.91. The topological polar surface area (TPSA) is 196 Å². The second kappa shape index (κ2) is 9.94. The van der Waals surface area contributed by atoms with E-state index >= 15 is 0 Å². The number of carbonyl (C=O) groups is 3. The maximum absolute atomic E-state index is 11.8. The highest BCUT2D eigenvalue weighted by Gasteiger charge is 2.17. The van der Waals surface area contributed by atoms with Crippen molar-refractivity contribution in [3.05, 3.63) is 34.8 Å². The Morgan fingerprint density at radius 3 is 2.50 bits per heavy atom. The highest BCUT2D eigenvalue weighted by atomic mass is 35.5. The summed E-state index contributed by atoms with van der Waals surface area (Å²) < 4.78 is 0. The molecule has 0 aliphatic carbocycles. The van der Waals surface area contributed by atoms with E-state index in [1.807, 2.05) is 10.9 Å². The number of phenols is 2. The number of benzene rings is 1. The minimum Gasteiger partial charge on any atom is -0.504 e. The fourth-order valence-electron chi connectivity index (χ4n) is 1.65. The molecule has 0 saturated carbocycles. The number of carbonyl (C=O) groups excluding carboxylic acids is 2. The van der Waals surface area contributed by atoms with Crippen molar-refractivity contribution in [1.82, 2.24) is 15.8 Å². The zero-order valence-corrected chi connectivity index (χ0v) is 15.4. The standard InChI is InChI=1S/C14H13N5O7S.ClH/c15-14-16-7(5-27-14)11(13(24)25)19-26-4-10(22)17-18-12(23)6-1-2-8(20)9(21)3-6;/h1-3,5,20-21H,4H2,(H2,15,16)(H,17,22)(H,18,23)(H,24,25);1H. The molecule has 7 N–H and O–H groups in total. The van der Waals surface area contributed by atoms with Crippen LogP contribution in [0.3, 0.4) is 0 Å². The number of nitrogens with one attached hydrogen (secondary N) is 2. The number of aromatic hydroxyl groups is 2. The Morgan fingerprint density at radius 1 is 1.21 bits per heavy atom. The van der Waals surface area contributed by atoms with Crippen molar-refractivity contribution in [2.24, 2.45) is 5.16 Å². The van der Waals surface area contributed by atoms with Gasteiger partial charge in [0, 0.05) is 10.9 Å². The Bertz CT molecular complexity index is 917. The van der Waals surface area contributed by atoms with Crippen LogP contribution in [0.15, 0.2) is 28.7 Å². The van der Waals surface area contributed by atoms with Gasteiger partial charge in [0.05, 0.1) is 0 Å². The first-order valence-electron chi connectivity index (χ1n) is 7.03. The molecular weight excluding hydrogens is 418 g/mol. The zero-order valence-electron chi connectivity index (χ0n) is 13.8. The molecule has 0 fully saturated rings. The molecule has 0 radical (unpaired) electrons. The third kappa shape index (κ3) is 6.00. The minimum absolute atomic E-state index is 0. The Labute approximate surface area is 167 Å². The van der Waals surface area contributed by atoms with E-state index in [0.29, 0.717) is 0 Å². The van der Waals surface area contributed by atoms with E-state index in [4.69, 9.17) is 10.8 Å². The van der Waals surface area contributed by atoms with Crippen LogP contribution in [-0.4, -0.2) is 50.4 Å². The molecule has 150 valence electrons. The number of hydrogen-bond donors (Lipinski definition) is 6. The Hall–Kier alpha value is -3.58. The predicted octanol–water partition coefficient (Wildman–Crippen LogP) is -0.175. The van der Waals surface area contributed by atoms with Gasteiger partial charge in [0.1, 0.15) is 5.69 Å². The summed E-state index contributed by atoms with van der Waals surface area (Å²) in [6, 6.07) is 3.31. The first kappa shape index (κ1) is 22.5. The third-order valence-electron chi connectivity index (χ3n) is 2.87. The Morgan fingerprint density at radius 2 is 1.93 bits per heavy atom. The number of phenolic OH excluding ortho intramolecular Hbond substituents is 2. The number of halogens is 1. The van der Waals surface area contributed by atoms with Gasteiger partial charge in [-0.3, -0.25) is 20.4 Å². The van der Waals surface area contributed by atoms with E-state index in [1.165, 1.54) is 11.4 Å². The van der Waals surface area contributed by atoms with Crippen LogP contribution < -0.4 is 16.6 Å². The molecule has 0 aliphatic rings. The fourth-order valence-corrected chi connectivity index (χ4v) is 2.19. The molecule has 2 amide bonds. The van der Waals surface area contributed by atoms with E-state index in [1.54, 1.807) is 0 Å². The highest BCUT2D eigenvalue weighted by Crippen LogP contribution is 2.24. The lowest BCUT2D eigenvalue weighted by Crippen LogP contribution is -2.43. The van der Waals surface area contributed by atoms with Crippen LogP contribution >= 0.6 is 23.7 Å². The summed E-state index contributed by atoms with van der Waals surface area (Å²) in [6.45, 7) is -0.697. The van der Waals surface area contributed by atoms with Gasteiger partial charge in [0.2, 0.25) is 5.71 Å². The predicted molar refractivity (Wildman–Crippen MR) is 99.3 cm³/mol. The first-order chi connectivity index (χ1) is 12.8. The van der Waals surface area contributed by atoms with Gasteiger partial charge in [-0.15, -0.1) is 23.7 Å². The van der Waals surface area contributed by atoms with Gasteiger partial charge in [-0.2, -0.15) is 0 Å². The van der Waals surface area contributed by atoms with E-state index in [-0.39, 0.29) is 28.8 Å². The number of nitrogen functional groups attached to an aromatic ring is 1. The van der Waals surface area contributed by atoms with E-state index in [2.05, 4.69) is 15.0 Å². The van der Waals surface area contributed by atoms with Crippen LogP contribution in [0.25, 0.3) is 0 Å². The number of aliphatic carboxylic acids is 1. The number of hydrazine groups is 1. The summed E-state index contributed by atoms with van der Waals surface area (Å²) in [7, 11) is 0. The molecule has 0 bridgehead atoms. The van der Waals surface area contributed by atoms with Crippen LogP contribution in [0.5, 0.6) is 11.5 Å². The number of rotatable bonds is 6. The molecule has 1 heterocycles. The van der Waals surface area contributed by atoms with Crippen molar-refractivity contribution in [2.45, 2.75) is 0 Å². The quantitative estimate of drug-likeness (QED) is 0.204. The molecule has 14 heteroatoms. The number of nitrogens with two attached hydrogens (primary N) is 1. The summed E-state index contributed by atoms with van der Waals surface area (Å²) >= 11 is 1.01. The lowest BCUT2D eigenvalue weighted by Gasteiger charge is -2.07. The van der Waals surface area contributed by atoms with Crippen molar-refractivity contribution in [3.8, 4) is 11.5 Å². The van der Waals surface area contributed by atoms with Crippen LogP contribution in [0.4, 0.5) is 5.13 Å². The van der Waals surface area contributed by atoms with Crippen LogP contribution in [-0.2, 0) is 14.4 Å². The normalized spacial score (nSPS) is 10.5. The van der Waals surface area contributed by atoms with Crippen LogP contribution in [0.1, 0.15) is 16.1 Å². The number of carboxylic acid groups (broad SMARTS) is 1. The fraction of sp³-hybridized carbons (Fsp3) is 0.0714. The molecule has 0 atom stereocenters. The maximum Gasteiger partial charge on any atom is 0.360 e. The van der Waals surface area contributed by atoms with E-state index < -0.39 is 41.6 Å². The van der Waals surface area contributed by atoms with Gasteiger partial charge in [-0.25, -0.2) is 9.78 Å². The molecule has 0 spiro atoms. The number of hydrogen-bond acceptors (Lipinski definition) is 10. The maximum atomic E-state index is 11.8. The van der Waals surface area contributed by atoms with Gasteiger partial charge in [0.25, 0.3) is 11.8 Å². The zero-order chi connectivity index (χ0) is 20.0. The Kier molecular flexibility index (Phi) is 7.97. The second-order valence-corrected chi connectivity index (χ2v) is 5.68. The van der Waals surface area contributed by atoms with Crippen molar-refractivity contribution in [3.63, 3.8) is 0 Å². The van der Waals surface area contributed by atoms with Gasteiger partial charge >= 0.3 is 5.97 Å². The number of aromatic nitrogens is 1. The summed E-state index contributed by atoms with van der Waals surface area (Å²) in [6.07, 6.45) is 0. The monoisotopic (exact) mass is 431 g/mol. The van der Waals surface area contributed by atoms with Crippen molar-refractivity contribution < 1.29 is 34.5 Å². The number of nitrogens with zero attached hydrogens (tertiary/aromatic N) is 2. The summed E-state index contributed by atoms with van der Waals surface area (Å²) in [4.78, 5) is 42.9. The summed E-state index contributed by atoms with van der Waals surface area (Å²) in [5.74, 6) is -3.95. The lowest BCUT2D eigenvalue weighted by molar-refractivity contribution is -0.130. The van der Waals surface area contributed by atoms with Crippen molar-refractivity contribution in [1.29, 1.82) is 0 Å². The van der Waals surface area contributed by atoms with Crippen LogP contribution in [0, 0.1) is 0 Å². The van der Waals surface area contributed by atoms with Crippen molar-refractivity contribution in [2.75, 3.05) is 12.3 Å². The lowest BCUT2D eigenvalue weighted by atomic mass is 10.2. The minimum atomic E-state index is -1.43. The number of thiazole rings is 1. The number of carboxylic acids is 1. The van der Waals surface area contributed by atoms with Gasteiger partial charge in [0.15, 0.2) is 23.2 Å². The molecule has 28 heavy (non-hydrogen) atoms. The molecule has 2 aromatic rings. The Balaban J connectivity index is 0.00000392. The average Bonchev–Trinajstić information content (AvgIpc) is 3.04. The molecule has 12 nitrogen and oxygen atoms in total. The van der Waals surface area contributed by atoms with E-state index in [0.717, 1.165) is 23.5 Å². The van der Waals surface area contributed by atoms with Gasteiger partial charge in [-0.1, -0.05) is 5.16 Å². The molecule has 2 rings (SSSR count). The number of oxime groups is 1. The van der Waals surface area contributed by atoms with Gasteiger partial charge < -0.3 is 25.9 Å². The van der Waals surface area contributed by atoms with Crippen LogP contribution in [0.2, 0.25) is 0 Å². The molecule has 1 aromatic heterocycles. The molecule has 0 saturated heterocycles. The summed E-state index contributed by atoms with van der Waals surface area (Å²) in [5.41, 5.74) is 8.86. The third-order valence-corrected chi connectivity index (χ3v) is 3.55. The molecular formula is C14H14ClN5O7S. The second-order valence-electron chi connectivity index (χ2n) is 4.80. The van der Waals surface area contributed by atoms with Crippen molar-refractivity contribution >= 4 is 52.4 Å². The number of anilines is 1. The summed E-state index contributed by atoms with van der Waals surface area (Å²) in [5, 5.41) is 32.4. The SMILES string of the molecule is Cl.Nc1nc(C(=NOCC(=O)NNC(=O)c2ccc(O)c(O)c2)C(=O)O)cs1. The largest absolute Gasteiger partial charge is 0.504 e. The average molecular weight is 432 g/mol. The highest BCUT2D eigenvalue weighted by molar-refractivity contribution is 7.13. The molecule has 0 unspecified atom stereocenters. The van der Waals surface area contributed by atoms with E-state index in [9.17, 15) is 24.6 Å². The smallest absolute Gasteiger partial charge is 0.360 e. The van der Waals surface area contributed by atoms with Gasteiger partial charge in [-0.05, 0) is 18.2 Å². The number of amides is 2.